The van der Waals surface area contributed by atoms with Crippen molar-refractivity contribution in [2.45, 2.75) is 0 Å². The Hall–Kier alpha value is 1.78. The van der Waals surface area contributed by atoms with Crippen molar-refractivity contribution in [3.05, 3.63) is 0 Å². The van der Waals surface area contributed by atoms with E-state index in [9.17, 15) is 0 Å². The minimum atomic E-state index is 0. The fourth-order valence-electron chi connectivity index (χ4n) is 0. The van der Waals surface area contributed by atoms with Gasteiger partial charge < -0.3 is 0 Å². The van der Waals surface area contributed by atoms with E-state index < -0.39 is 0 Å². The third kappa shape index (κ3) is 9.22. The molecule has 0 aromatic carbocycles. The molecule has 0 aliphatic rings. The molecule has 0 N–H and O–H groups in total. The van der Waals surface area contributed by atoms with Crippen LogP contribution in [0.1, 0.15) is 0 Å². The van der Waals surface area contributed by atoms with Crippen LogP contribution in [0.15, 0.2) is 0 Å². The summed E-state index contributed by atoms with van der Waals surface area (Å²) in [7, 11) is 0. The Morgan fingerprint density at radius 2 is 0.500 bits per heavy atom. The minimum Gasteiger partial charge on any atom is -0.153 e. The summed E-state index contributed by atoms with van der Waals surface area (Å²) < 4.78 is 0. The molecule has 3 unspecified atom stereocenters. The van der Waals surface area contributed by atoms with Crippen molar-refractivity contribution in [3.8, 4) is 0 Å². The van der Waals surface area contributed by atoms with Gasteiger partial charge in [0.1, 0.15) is 0 Å². The Morgan fingerprint density at radius 3 is 0.500 bits per heavy atom. The first-order chi connectivity index (χ1) is 0. The molecule has 0 saturated heterocycles. The van der Waals surface area contributed by atoms with Gasteiger partial charge in [0.25, 0.3) is 0 Å². The number of hydrogen-bond donors (Lipinski definition) is 0. The van der Waals surface area contributed by atoms with Crippen LogP contribution in [0.5, 0.6) is 0 Å². The van der Waals surface area contributed by atoms with Crippen molar-refractivity contribution in [1.29, 1.82) is 0 Å². The molecule has 4 heteroatoms. The van der Waals surface area contributed by atoms with Crippen LogP contribution in [-0.2, 0) is 16.5 Å². The van der Waals surface area contributed by atoms with Gasteiger partial charge in [-0.2, -0.15) is 29.7 Å². The summed E-state index contributed by atoms with van der Waals surface area (Å²) in [6.07, 6.45) is 0. The maximum Gasteiger partial charge on any atom is 0 e. The van der Waals surface area contributed by atoms with Crippen molar-refractivity contribution in [1.82, 2.24) is 0 Å². The Balaban J connectivity index is 0. The molecule has 0 rings (SSSR count). The van der Waals surface area contributed by atoms with E-state index in [1.165, 1.54) is 0 Å². The van der Waals surface area contributed by atoms with Gasteiger partial charge in [0.05, 0.1) is 0 Å². The molecule has 0 saturated carbocycles. The van der Waals surface area contributed by atoms with Gasteiger partial charge in [-0.25, -0.2) is 0 Å². The monoisotopic (exact) mass is 160 g/mol. The fraction of sp³-hybridized carbons (Fsp3) is 0. The molecular formula is H9NiP3. The summed E-state index contributed by atoms with van der Waals surface area (Å²) in [6.45, 7) is 0. The zero-order chi connectivity index (χ0) is 0. The van der Waals surface area contributed by atoms with E-state index in [1.807, 2.05) is 0 Å². The molecule has 34 valence electrons. The molecule has 0 nitrogen and oxygen atoms in total. The Morgan fingerprint density at radius 1 is 0.500 bits per heavy atom. The summed E-state index contributed by atoms with van der Waals surface area (Å²) in [6, 6.07) is 0. The van der Waals surface area contributed by atoms with Crippen molar-refractivity contribution in [3.63, 3.8) is 0 Å². The normalized spacial score (nSPS) is 0. The van der Waals surface area contributed by atoms with Gasteiger partial charge in [0.2, 0.25) is 0 Å². The fourth-order valence-corrected chi connectivity index (χ4v) is 0. The maximum absolute atomic E-state index is 0. The summed E-state index contributed by atoms with van der Waals surface area (Å²) in [5.41, 5.74) is 0. The Labute approximate surface area is 46.7 Å². The number of rotatable bonds is 0. The first-order valence-electron chi connectivity index (χ1n) is 0. The van der Waals surface area contributed by atoms with Crippen LogP contribution in [0.2, 0.25) is 0 Å². The van der Waals surface area contributed by atoms with E-state index in [0.717, 1.165) is 0 Å². The number of hydrogen-bond acceptors (Lipinski definition) is 0. The second-order valence-electron chi connectivity index (χ2n) is 0. The van der Waals surface area contributed by atoms with Crippen LogP contribution in [0.4, 0.5) is 0 Å². The first kappa shape index (κ1) is 41.6. The van der Waals surface area contributed by atoms with E-state index >= 15 is 0 Å². The molecule has 0 radical (unpaired) electrons. The smallest absolute Gasteiger partial charge is 0 e. The molecule has 0 amide bonds. The zero-order valence-electron chi connectivity index (χ0n) is 2.44. The second kappa shape index (κ2) is 21.5. The molecule has 0 aromatic rings. The van der Waals surface area contributed by atoms with E-state index in [4.69, 9.17) is 0 Å². The van der Waals surface area contributed by atoms with Crippen molar-refractivity contribution in [2.75, 3.05) is 0 Å². The van der Waals surface area contributed by atoms with E-state index in [0.29, 0.717) is 0 Å². The predicted octanol–water partition coefficient (Wildman–Crippen LogP) is 0.172. The maximum atomic E-state index is 0. The van der Waals surface area contributed by atoms with Crippen LogP contribution in [-0.4, -0.2) is 0 Å². The van der Waals surface area contributed by atoms with Crippen LogP contribution in [0.3, 0.4) is 0 Å². The molecular weight excluding hydrogens is 152 g/mol. The van der Waals surface area contributed by atoms with Crippen molar-refractivity contribution >= 4 is 29.7 Å². The van der Waals surface area contributed by atoms with Crippen LogP contribution in [0.25, 0.3) is 0 Å². The zero-order valence-corrected chi connectivity index (χ0v) is 7.67. The molecule has 0 aromatic heterocycles. The van der Waals surface area contributed by atoms with Crippen LogP contribution >= 0.6 is 29.7 Å². The quantitative estimate of drug-likeness (QED) is 0.350. The van der Waals surface area contributed by atoms with E-state index in [2.05, 4.69) is 0 Å². The molecule has 3 atom stereocenters. The van der Waals surface area contributed by atoms with Crippen LogP contribution < -0.4 is 0 Å². The molecule has 0 aliphatic carbocycles. The van der Waals surface area contributed by atoms with Crippen molar-refractivity contribution in [2.24, 2.45) is 0 Å². The summed E-state index contributed by atoms with van der Waals surface area (Å²) >= 11 is 0. The van der Waals surface area contributed by atoms with Gasteiger partial charge in [-0.05, 0) is 0 Å². The van der Waals surface area contributed by atoms with Gasteiger partial charge in [-0.15, -0.1) is 0 Å². The molecule has 0 spiro atoms. The minimum absolute atomic E-state index is 0. The Bertz CT molecular complexity index is 3.25. The third-order valence-electron chi connectivity index (χ3n) is 0. The predicted molar refractivity (Wildman–Crippen MR) is 33.3 cm³/mol. The average molecular weight is 161 g/mol. The first-order valence-corrected chi connectivity index (χ1v) is 0. The molecule has 4 heavy (non-hydrogen) atoms. The molecule has 0 bridgehead atoms. The SMILES string of the molecule is P.P.P.[Ni]. The van der Waals surface area contributed by atoms with E-state index in [-0.39, 0.29) is 46.2 Å². The molecule has 0 heterocycles. The van der Waals surface area contributed by atoms with Gasteiger partial charge in [-0.3, -0.25) is 0 Å². The molecule has 0 aliphatic heterocycles. The largest absolute Gasteiger partial charge is 0.153 e. The van der Waals surface area contributed by atoms with Crippen LogP contribution in [0, 0.1) is 0 Å². The summed E-state index contributed by atoms with van der Waals surface area (Å²) in [5.74, 6) is 0. The average Bonchev–Trinajstić information content (AvgIpc) is 0. The Kier molecular flexibility index (Phi) is 224. The van der Waals surface area contributed by atoms with Gasteiger partial charge >= 0.3 is 0 Å². The van der Waals surface area contributed by atoms with Gasteiger partial charge in [0, 0.05) is 16.5 Å². The summed E-state index contributed by atoms with van der Waals surface area (Å²) in [4.78, 5) is 0. The van der Waals surface area contributed by atoms with Gasteiger partial charge in [0.15, 0.2) is 0 Å². The second-order valence-corrected chi connectivity index (χ2v) is 0. The van der Waals surface area contributed by atoms with Gasteiger partial charge in [-0.1, -0.05) is 0 Å². The third-order valence-corrected chi connectivity index (χ3v) is 0. The summed E-state index contributed by atoms with van der Waals surface area (Å²) in [5, 5.41) is 0. The van der Waals surface area contributed by atoms with Crippen molar-refractivity contribution < 1.29 is 16.5 Å². The standard InChI is InChI=1S/Ni.3H3P/h;3*1H3. The molecule has 0 fully saturated rings. The van der Waals surface area contributed by atoms with E-state index in [1.54, 1.807) is 0 Å². The topological polar surface area (TPSA) is 0 Å².